The summed E-state index contributed by atoms with van der Waals surface area (Å²) in [7, 11) is 3.84. The Labute approximate surface area is 111 Å². The number of benzene rings is 1. The van der Waals surface area contributed by atoms with Crippen molar-refractivity contribution in [1.29, 1.82) is 0 Å². The molecular formula is C14H14N2O3. The number of aromatic nitrogens is 1. The number of nitrogens with zero attached hydrogens (tertiary/aromatic N) is 2. The van der Waals surface area contributed by atoms with Crippen molar-refractivity contribution in [3.63, 3.8) is 0 Å². The summed E-state index contributed by atoms with van der Waals surface area (Å²) in [5.74, 6) is -0.242. The number of hydrogen-bond donors (Lipinski definition) is 1. The van der Waals surface area contributed by atoms with Crippen LogP contribution in [-0.4, -0.2) is 30.2 Å². The Morgan fingerprint density at radius 2 is 2.11 bits per heavy atom. The van der Waals surface area contributed by atoms with E-state index in [0.717, 1.165) is 5.69 Å². The Morgan fingerprint density at radius 1 is 1.32 bits per heavy atom. The molecule has 0 atom stereocenters. The van der Waals surface area contributed by atoms with Gasteiger partial charge in [0.15, 0.2) is 5.75 Å². The third kappa shape index (κ3) is 3.01. The molecule has 0 fully saturated rings. The summed E-state index contributed by atoms with van der Waals surface area (Å²) in [5, 5.41) is 9.07. The van der Waals surface area contributed by atoms with Crippen molar-refractivity contribution in [3.8, 4) is 11.5 Å². The summed E-state index contributed by atoms with van der Waals surface area (Å²) in [6.07, 6.45) is 2.82. The molecule has 0 saturated heterocycles. The second kappa shape index (κ2) is 5.39. The van der Waals surface area contributed by atoms with E-state index in [1.165, 1.54) is 18.5 Å². The van der Waals surface area contributed by atoms with E-state index in [0.29, 0.717) is 5.75 Å². The molecule has 0 spiro atoms. The van der Waals surface area contributed by atoms with Crippen molar-refractivity contribution in [3.05, 3.63) is 48.3 Å². The molecule has 0 aliphatic rings. The van der Waals surface area contributed by atoms with Gasteiger partial charge in [0.25, 0.3) is 0 Å². The van der Waals surface area contributed by atoms with Gasteiger partial charge in [0.2, 0.25) is 0 Å². The Balaban J connectivity index is 2.31. The van der Waals surface area contributed by atoms with E-state index in [-0.39, 0.29) is 11.3 Å². The van der Waals surface area contributed by atoms with Gasteiger partial charge in [0.1, 0.15) is 11.3 Å². The monoisotopic (exact) mass is 258 g/mol. The van der Waals surface area contributed by atoms with Gasteiger partial charge in [0.05, 0.1) is 6.20 Å². The first-order chi connectivity index (χ1) is 9.08. The largest absolute Gasteiger partial charge is 0.478 e. The van der Waals surface area contributed by atoms with Gasteiger partial charge in [-0.3, -0.25) is 4.98 Å². The number of ether oxygens (including phenoxy) is 1. The number of aromatic carboxylic acids is 1. The molecule has 0 unspecified atom stereocenters. The van der Waals surface area contributed by atoms with E-state index in [4.69, 9.17) is 9.84 Å². The van der Waals surface area contributed by atoms with E-state index in [2.05, 4.69) is 4.98 Å². The van der Waals surface area contributed by atoms with Crippen LogP contribution >= 0.6 is 0 Å². The van der Waals surface area contributed by atoms with Crippen LogP contribution in [0.2, 0.25) is 0 Å². The molecule has 98 valence electrons. The third-order valence-corrected chi connectivity index (χ3v) is 2.58. The van der Waals surface area contributed by atoms with Gasteiger partial charge < -0.3 is 14.7 Å². The van der Waals surface area contributed by atoms with Gasteiger partial charge in [-0.2, -0.15) is 0 Å². The molecule has 5 heteroatoms. The molecule has 19 heavy (non-hydrogen) atoms. The molecule has 0 radical (unpaired) electrons. The lowest BCUT2D eigenvalue weighted by atomic mass is 10.2. The van der Waals surface area contributed by atoms with Gasteiger partial charge in [-0.05, 0) is 18.2 Å². The fraction of sp³-hybridized carbons (Fsp3) is 0.143. The van der Waals surface area contributed by atoms with E-state index in [1.54, 1.807) is 6.07 Å². The van der Waals surface area contributed by atoms with Crippen LogP contribution in [0.25, 0.3) is 0 Å². The molecule has 2 aromatic rings. The Morgan fingerprint density at radius 3 is 2.79 bits per heavy atom. The lowest BCUT2D eigenvalue weighted by Gasteiger charge is -2.14. The molecule has 1 aromatic carbocycles. The summed E-state index contributed by atoms with van der Waals surface area (Å²) in [6, 6.07) is 8.80. The number of anilines is 1. The Bertz CT molecular complexity index is 597. The van der Waals surface area contributed by atoms with E-state index in [1.807, 2.05) is 37.2 Å². The minimum atomic E-state index is -1.04. The smallest absolute Gasteiger partial charge is 0.339 e. The van der Waals surface area contributed by atoms with Crippen LogP contribution in [-0.2, 0) is 0 Å². The van der Waals surface area contributed by atoms with Gasteiger partial charge in [-0.25, -0.2) is 4.79 Å². The first-order valence-corrected chi connectivity index (χ1v) is 5.70. The van der Waals surface area contributed by atoms with Crippen LogP contribution in [0.1, 0.15) is 10.4 Å². The molecule has 2 rings (SSSR count). The molecule has 0 aliphatic heterocycles. The molecule has 1 N–H and O–H groups in total. The topological polar surface area (TPSA) is 62.7 Å². The molecule has 0 aliphatic carbocycles. The fourth-order valence-corrected chi connectivity index (χ4v) is 1.59. The fourth-order valence-electron chi connectivity index (χ4n) is 1.59. The number of hydrogen-bond acceptors (Lipinski definition) is 4. The minimum Gasteiger partial charge on any atom is -0.478 e. The third-order valence-electron chi connectivity index (χ3n) is 2.58. The predicted octanol–water partition coefficient (Wildman–Crippen LogP) is 2.64. The van der Waals surface area contributed by atoms with Gasteiger partial charge in [-0.1, -0.05) is 6.07 Å². The quantitative estimate of drug-likeness (QED) is 0.913. The number of pyridine rings is 1. The minimum absolute atomic E-state index is 0.0882. The second-order valence-corrected chi connectivity index (χ2v) is 4.17. The summed E-state index contributed by atoms with van der Waals surface area (Å²) in [4.78, 5) is 16.9. The summed E-state index contributed by atoms with van der Waals surface area (Å²) < 4.78 is 5.59. The predicted molar refractivity (Wildman–Crippen MR) is 72.0 cm³/mol. The summed E-state index contributed by atoms with van der Waals surface area (Å²) >= 11 is 0. The summed E-state index contributed by atoms with van der Waals surface area (Å²) in [6.45, 7) is 0. The number of carboxylic acids is 1. The normalized spacial score (nSPS) is 10.0. The van der Waals surface area contributed by atoms with Crippen molar-refractivity contribution in [1.82, 2.24) is 4.98 Å². The van der Waals surface area contributed by atoms with Crippen LogP contribution in [0.5, 0.6) is 11.5 Å². The average molecular weight is 258 g/mol. The SMILES string of the molecule is CN(C)c1cccc(Oc2cnccc2C(=O)O)c1. The average Bonchev–Trinajstić information content (AvgIpc) is 2.39. The zero-order valence-corrected chi connectivity index (χ0v) is 10.7. The van der Waals surface area contributed by atoms with Crippen LogP contribution in [0, 0.1) is 0 Å². The van der Waals surface area contributed by atoms with Gasteiger partial charge in [0, 0.05) is 32.0 Å². The van der Waals surface area contributed by atoms with Crippen molar-refractivity contribution < 1.29 is 14.6 Å². The van der Waals surface area contributed by atoms with Crippen LogP contribution in [0.15, 0.2) is 42.7 Å². The highest BCUT2D eigenvalue weighted by Crippen LogP contribution is 2.27. The summed E-state index contributed by atoms with van der Waals surface area (Å²) in [5.41, 5.74) is 1.06. The highest BCUT2D eigenvalue weighted by molar-refractivity contribution is 5.90. The maximum Gasteiger partial charge on any atom is 0.339 e. The van der Waals surface area contributed by atoms with Gasteiger partial charge >= 0.3 is 5.97 Å². The molecule has 1 aromatic heterocycles. The van der Waals surface area contributed by atoms with Crippen molar-refractivity contribution in [2.24, 2.45) is 0 Å². The maximum atomic E-state index is 11.1. The van der Waals surface area contributed by atoms with Crippen LogP contribution in [0.3, 0.4) is 0 Å². The zero-order valence-electron chi connectivity index (χ0n) is 10.7. The molecule has 0 bridgehead atoms. The highest BCUT2D eigenvalue weighted by Gasteiger charge is 2.11. The maximum absolute atomic E-state index is 11.1. The molecule has 1 heterocycles. The second-order valence-electron chi connectivity index (χ2n) is 4.17. The first-order valence-electron chi connectivity index (χ1n) is 5.70. The van der Waals surface area contributed by atoms with Gasteiger partial charge in [-0.15, -0.1) is 0 Å². The van der Waals surface area contributed by atoms with Crippen LogP contribution < -0.4 is 9.64 Å². The van der Waals surface area contributed by atoms with E-state index >= 15 is 0 Å². The van der Waals surface area contributed by atoms with Crippen molar-refractivity contribution in [2.45, 2.75) is 0 Å². The van der Waals surface area contributed by atoms with Crippen molar-refractivity contribution in [2.75, 3.05) is 19.0 Å². The van der Waals surface area contributed by atoms with Crippen molar-refractivity contribution >= 4 is 11.7 Å². The molecular weight excluding hydrogens is 244 g/mol. The Kier molecular flexibility index (Phi) is 3.66. The number of rotatable bonds is 4. The van der Waals surface area contributed by atoms with E-state index < -0.39 is 5.97 Å². The zero-order chi connectivity index (χ0) is 13.8. The van der Waals surface area contributed by atoms with Crippen LogP contribution in [0.4, 0.5) is 5.69 Å². The lowest BCUT2D eigenvalue weighted by Crippen LogP contribution is -2.08. The number of carbonyl (C=O) groups is 1. The van der Waals surface area contributed by atoms with E-state index in [9.17, 15) is 4.79 Å². The molecule has 5 nitrogen and oxygen atoms in total. The first kappa shape index (κ1) is 12.9. The lowest BCUT2D eigenvalue weighted by molar-refractivity contribution is 0.0694. The molecule has 0 saturated carbocycles. The Hall–Kier alpha value is -2.56. The molecule has 0 amide bonds. The number of carboxylic acid groups (broad SMARTS) is 1. The standard InChI is InChI=1S/C14H14N2O3/c1-16(2)10-4-3-5-11(8-10)19-13-9-15-7-6-12(13)14(17)18/h3-9H,1-2H3,(H,17,18). The highest BCUT2D eigenvalue weighted by atomic mass is 16.5.